The fraction of sp³-hybridized carbons (Fsp3) is 0.172. The van der Waals surface area contributed by atoms with Crippen LogP contribution in [0.25, 0.3) is 10.8 Å². The highest BCUT2D eigenvalue weighted by molar-refractivity contribution is 5.95. The van der Waals surface area contributed by atoms with E-state index < -0.39 is 0 Å². The summed E-state index contributed by atoms with van der Waals surface area (Å²) >= 11 is 0. The zero-order valence-corrected chi connectivity index (χ0v) is 19.0. The van der Waals surface area contributed by atoms with Gasteiger partial charge in [-0.3, -0.25) is 4.79 Å². The molecule has 0 atom stereocenters. The number of nitrogens with zero attached hydrogens (tertiary/aromatic N) is 2. The number of carbonyl (C=O) groups is 1. The van der Waals surface area contributed by atoms with Crippen molar-refractivity contribution in [3.05, 3.63) is 108 Å². The Morgan fingerprint density at radius 2 is 1.62 bits per heavy atom. The minimum atomic E-state index is -0.223. The predicted molar refractivity (Wildman–Crippen MR) is 138 cm³/mol. The zero-order valence-electron chi connectivity index (χ0n) is 19.0. The Balaban J connectivity index is 1.12. The lowest BCUT2D eigenvalue weighted by Gasteiger charge is -2.17. The molecule has 0 aliphatic carbocycles. The van der Waals surface area contributed by atoms with Gasteiger partial charge >= 0.3 is 0 Å². The quantitative estimate of drug-likeness (QED) is 0.287. The van der Waals surface area contributed by atoms with Gasteiger partial charge in [-0.2, -0.15) is 5.10 Å². The summed E-state index contributed by atoms with van der Waals surface area (Å²) in [5.41, 5.74) is 6.36. The van der Waals surface area contributed by atoms with Crippen LogP contribution in [0.15, 0.2) is 96.1 Å². The first kappa shape index (κ1) is 21.7. The monoisotopic (exact) mass is 449 g/mol. The van der Waals surface area contributed by atoms with Crippen LogP contribution in [0.4, 0.5) is 5.69 Å². The molecule has 5 heteroatoms. The van der Waals surface area contributed by atoms with Crippen molar-refractivity contribution in [1.82, 2.24) is 5.43 Å². The number of anilines is 1. The van der Waals surface area contributed by atoms with Crippen LogP contribution in [0.1, 0.15) is 34.3 Å². The lowest BCUT2D eigenvalue weighted by atomic mass is 10.1. The van der Waals surface area contributed by atoms with Gasteiger partial charge in [0.15, 0.2) is 0 Å². The maximum Gasteiger partial charge on any atom is 0.271 e. The molecule has 1 saturated heterocycles. The van der Waals surface area contributed by atoms with Crippen LogP contribution < -0.4 is 15.1 Å². The molecule has 0 unspecified atom stereocenters. The zero-order chi connectivity index (χ0) is 23.2. The number of carbonyl (C=O) groups excluding carboxylic acids is 1. The van der Waals surface area contributed by atoms with Crippen molar-refractivity contribution in [1.29, 1.82) is 0 Å². The first-order valence-electron chi connectivity index (χ1n) is 11.6. The third-order valence-electron chi connectivity index (χ3n) is 6.08. The van der Waals surface area contributed by atoms with E-state index in [2.05, 4.69) is 45.8 Å². The van der Waals surface area contributed by atoms with Gasteiger partial charge in [-0.25, -0.2) is 5.43 Å². The molecule has 1 amide bonds. The van der Waals surface area contributed by atoms with Crippen LogP contribution in [0.3, 0.4) is 0 Å². The Labute approximate surface area is 199 Å². The molecule has 34 heavy (non-hydrogen) atoms. The third kappa shape index (κ3) is 5.26. The summed E-state index contributed by atoms with van der Waals surface area (Å²) in [5.74, 6) is 0.562. The number of hydrogen-bond donors (Lipinski definition) is 1. The number of hydrogen-bond acceptors (Lipinski definition) is 4. The van der Waals surface area contributed by atoms with E-state index in [1.165, 1.54) is 29.3 Å². The number of ether oxygens (including phenoxy) is 1. The summed E-state index contributed by atoms with van der Waals surface area (Å²) in [5, 5.41) is 6.53. The average Bonchev–Trinajstić information content (AvgIpc) is 3.43. The van der Waals surface area contributed by atoms with E-state index in [1.54, 1.807) is 6.21 Å². The first-order valence-corrected chi connectivity index (χ1v) is 11.6. The molecule has 0 spiro atoms. The topological polar surface area (TPSA) is 53.9 Å². The smallest absolute Gasteiger partial charge is 0.271 e. The van der Waals surface area contributed by atoms with E-state index >= 15 is 0 Å². The van der Waals surface area contributed by atoms with E-state index in [1.807, 2.05) is 60.7 Å². The van der Waals surface area contributed by atoms with E-state index in [0.717, 1.165) is 30.0 Å². The maximum absolute atomic E-state index is 12.4. The fourth-order valence-electron chi connectivity index (χ4n) is 4.17. The molecule has 1 aliphatic rings. The Morgan fingerprint density at radius 1 is 0.882 bits per heavy atom. The maximum atomic E-state index is 12.4. The second-order valence-corrected chi connectivity index (χ2v) is 8.48. The molecule has 0 radical (unpaired) electrons. The number of benzene rings is 4. The van der Waals surface area contributed by atoms with E-state index in [4.69, 9.17) is 4.74 Å². The first-order chi connectivity index (χ1) is 16.7. The standard InChI is InChI=1S/C29H27N3O2/c33-29(25-11-13-27(14-12-25)32-17-3-4-18-32)31-30-20-22-8-15-28(16-9-22)34-21-23-7-10-24-5-1-2-6-26(24)19-23/h1-2,5-16,19-20H,3-4,17-18,21H2,(H,31,33)/b30-20-. The molecule has 1 fully saturated rings. The van der Waals surface area contributed by atoms with Crippen molar-refractivity contribution in [3.63, 3.8) is 0 Å². The van der Waals surface area contributed by atoms with Crippen LogP contribution >= 0.6 is 0 Å². The van der Waals surface area contributed by atoms with Gasteiger partial charge in [0, 0.05) is 24.3 Å². The Kier molecular flexibility index (Phi) is 6.52. The summed E-state index contributed by atoms with van der Waals surface area (Å²) < 4.78 is 5.93. The van der Waals surface area contributed by atoms with Crippen molar-refractivity contribution in [3.8, 4) is 5.75 Å². The lowest BCUT2D eigenvalue weighted by molar-refractivity contribution is 0.0955. The summed E-state index contributed by atoms with van der Waals surface area (Å²) in [6.45, 7) is 2.68. The molecule has 5 rings (SSSR count). The van der Waals surface area contributed by atoms with Crippen LogP contribution in [0.2, 0.25) is 0 Å². The van der Waals surface area contributed by atoms with Crippen molar-refractivity contribution >= 4 is 28.6 Å². The largest absolute Gasteiger partial charge is 0.489 e. The van der Waals surface area contributed by atoms with Crippen molar-refractivity contribution in [2.24, 2.45) is 5.10 Å². The van der Waals surface area contributed by atoms with E-state index in [0.29, 0.717) is 12.2 Å². The SMILES string of the molecule is O=C(N/N=C\c1ccc(OCc2ccc3ccccc3c2)cc1)c1ccc(N2CCCC2)cc1. The van der Waals surface area contributed by atoms with Gasteiger partial charge in [-0.1, -0.05) is 36.4 Å². The van der Waals surface area contributed by atoms with Gasteiger partial charge < -0.3 is 9.64 Å². The lowest BCUT2D eigenvalue weighted by Crippen LogP contribution is -2.19. The molecule has 170 valence electrons. The summed E-state index contributed by atoms with van der Waals surface area (Å²) in [6, 6.07) is 30.0. The molecule has 0 aromatic heterocycles. The van der Waals surface area contributed by atoms with Crippen LogP contribution in [0, 0.1) is 0 Å². The van der Waals surface area contributed by atoms with Crippen molar-refractivity contribution < 1.29 is 9.53 Å². The minimum Gasteiger partial charge on any atom is -0.489 e. The van der Waals surface area contributed by atoms with Crippen LogP contribution in [0.5, 0.6) is 5.75 Å². The van der Waals surface area contributed by atoms with E-state index in [-0.39, 0.29) is 5.91 Å². The number of nitrogens with one attached hydrogen (secondary N) is 1. The number of rotatable bonds is 7. The second kappa shape index (κ2) is 10.2. The third-order valence-corrected chi connectivity index (χ3v) is 6.08. The highest BCUT2D eigenvalue weighted by Crippen LogP contribution is 2.21. The average molecular weight is 450 g/mol. The Hall–Kier alpha value is -4.12. The van der Waals surface area contributed by atoms with Gasteiger partial charge in [-0.05, 0) is 89.3 Å². The van der Waals surface area contributed by atoms with Gasteiger partial charge in [0.25, 0.3) is 5.91 Å². The molecule has 0 bridgehead atoms. The van der Waals surface area contributed by atoms with Gasteiger partial charge in [0.1, 0.15) is 12.4 Å². The highest BCUT2D eigenvalue weighted by Gasteiger charge is 2.12. The molecule has 4 aromatic carbocycles. The number of hydrazone groups is 1. The van der Waals surface area contributed by atoms with Gasteiger partial charge in [0.2, 0.25) is 0 Å². The fourth-order valence-corrected chi connectivity index (χ4v) is 4.17. The number of fused-ring (bicyclic) bond motifs is 1. The molecule has 5 nitrogen and oxygen atoms in total. The summed E-state index contributed by atoms with van der Waals surface area (Å²) in [7, 11) is 0. The predicted octanol–water partition coefficient (Wildman–Crippen LogP) is 5.78. The minimum absolute atomic E-state index is 0.223. The van der Waals surface area contributed by atoms with E-state index in [9.17, 15) is 4.79 Å². The molecule has 0 saturated carbocycles. The van der Waals surface area contributed by atoms with Gasteiger partial charge in [0.05, 0.1) is 6.21 Å². The van der Waals surface area contributed by atoms with Crippen LogP contribution in [-0.2, 0) is 6.61 Å². The molecule has 1 aliphatic heterocycles. The number of amides is 1. The second-order valence-electron chi connectivity index (χ2n) is 8.48. The summed E-state index contributed by atoms with van der Waals surface area (Å²) in [4.78, 5) is 14.7. The molecular weight excluding hydrogens is 422 g/mol. The summed E-state index contributed by atoms with van der Waals surface area (Å²) in [6.07, 6.45) is 4.09. The van der Waals surface area contributed by atoms with Crippen molar-refractivity contribution in [2.75, 3.05) is 18.0 Å². The Morgan fingerprint density at radius 3 is 2.38 bits per heavy atom. The van der Waals surface area contributed by atoms with Gasteiger partial charge in [-0.15, -0.1) is 0 Å². The molecular formula is C29H27N3O2. The highest BCUT2D eigenvalue weighted by atomic mass is 16.5. The van der Waals surface area contributed by atoms with Crippen molar-refractivity contribution in [2.45, 2.75) is 19.4 Å². The molecule has 1 heterocycles. The molecule has 4 aromatic rings. The Bertz CT molecular complexity index is 1290. The van der Waals surface area contributed by atoms with Crippen LogP contribution in [-0.4, -0.2) is 25.2 Å². The molecule has 1 N–H and O–H groups in total. The normalized spacial score (nSPS) is 13.5.